The Hall–Kier alpha value is -1.37. The maximum absolute atomic E-state index is 13.1. The number of aromatic nitrogens is 1. The molecule has 0 aromatic carbocycles. The number of carbonyl (C=O) groups is 2. The van der Waals surface area contributed by atoms with Crippen molar-refractivity contribution in [3.63, 3.8) is 0 Å². The summed E-state index contributed by atoms with van der Waals surface area (Å²) in [5, 5.41) is 3.64. The van der Waals surface area contributed by atoms with E-state index in [9.17, 15) is 9.59 Å². The van der Waals surface area contributed by atoms with Crippen molar-refractivity contribution in [3.05, 3.63) is 30.1 Å². The molecule has 3 atom stereocenters. The molecule has 1 aromatic heterocycles. The van der Waals surface area contributed by atoms with Crippen LogP contribution < -0.4 is 5.32 Å². The molecule has 0 aliphatic carbocycles. The van der Waals surface area contributed by atoms with Crippen molar-refractivity contribution in [2.45, 2.75) is 56.7 Å². The van der Waals surface area contributed by atoms with Crippen LogP contribution in [0.2, 0.25) is 0 Å². The first kappa shape index (κ1) is 22.9. The molecule has 1 N–H and O–H groups in total. The van der Waals surface area contributed by atoms with Gasteiger partial charge in [-0.3, -0.25) is 14.6 Å². The number of nitrogens with zero attached hydrogens (tertiary/aromatic N) is 3. The van der Waals surface area contributed by atoms with Crippen LogP contribution in [0.1, 0.15) is 48.9 Å². The zero-order valence-corrected chi connectivity index (χ0v) is 17.9. The minimum Gasteiger partial charge on any atom is -0.342 e. The Balaban J connectivity index is 0.00000140. The number of fused-ring (bicyclic) bond motifs is 2. The molecule has 2 bridgehead atoms. The van der Waals surface area contributed by atoms with Gasteiger partial charge in [-0.25, -0.2) is 0 Å². The molecule has 8 heteroatoms. The van der Waals surface area contributed by atoms with Crippen molar-refractivity contribution in [2.75, 3.05) is 20.1 Å². The second-order valence-electron chi connectivity index (χ2n) is 8.04. The van der Waals surface area contributed by atoms with E-state index in [0.717, 1.165) is 32.2 Å². The highest BCUT2D eigenvalue weighted by molar-refractivity contribution is 5.94. The van der Waals surface area contributed by atoms with Gasteiger partial charge in [0.25, 0.3) is 5.91 Å². The van der Waals surface area contributed by atoms with Crippen LogP contribution in [-0.2, 0) is 4.79 Å². The number of nitrogens with one attached hydrogen (secondary N) is 1. The molecule has 6 nitrogen and oxygen atoms in total. The van der Waals surface area contributed by atoms with Crippen LogP contribution in [0, 0.1) is 5.92 Å². The number of likely N-dealkylation sites (tertiary alicyclic amines) is 1. The zero-order chi connectivity index (χ0) is 18.1. The predicted octanol–water partition coefficient (Wildman–Crippen LogP) is 2.52. The molecule has 156 valence electrons. The second-order valence-corrected chi connectivity index (χ2v) is 8.04. The quantitative estimate of drug-likeness (QED) is 0.802. The van der Waals surface area contributed by atoms with E-state index in [-0.39, 0.29) is 42.5 Å². The molecule has 3 saturated heterocycles. The number of amides is 2. The number of piperidine rings is 2. The SMILES string of the molecule is CN(C(=O)C1CCCN(C(=O)c2ccncc2)C1)C1CC2CCC(C1)N2.Cl.Cl. The fourth-order valence-corrected chi connectivity index (χ4v) is 4.85. The Labute approximate surface area is 179 Å². The normalized spacial score (nSPS) is 28.7. The number of halogens is 2. The average molecular weight is 429 g/mol. The van der Waals surface area contributed by atoms with Crippen LogP contribution in [0.25, 0.3) is 0 Å². The summed E-state index contributed by atoms with van der Waals surface area (Å²) in [5.74, 6) is 0.142. The van der Waals surface area contributed by atoms with Crippen molar-refractivity contribution in [3.8, 4) is 0 Å². The molecular formula is C20H30Cl2N4O2. The third kappa shape index (κ3) is 4.78. The summed E-state index contributed by atoms with van der Waals surface area (Å²) in [6, 6.07) is 4.97. The second kappa shape index (κ2) is 9.90. The van der Waals surface area contributed by atoms with Gasteiger partial charge in [-0.15, -0.1) is 24.8 Å². The molecule has 1 aromatic rings. The van der Waals surface area contributed by atoms with E-state index in [1.54, 1.807) is 24.5 Å². The van der Waals surface area contributed by atoms with Crippen LogP contribution in [0.4, 0.5) is 0 Å². The predicted molar refractivity (Wildman–Crippen MR) is 113 cm³/mol. The lowest BCUT2D eigenvalue weighted by atomic mass is 9.93. The van der Waals surface area contributed by atoms with E-state index in [1.165, 1.54) is 12.8 Å². The molecule has 0 spiro atoms. The molecular weight excluding hydrogens is 399 g/mol. The van der Waals surface area contributed by atoms with Crippen molar-refractivity contribution in [1.82, 2.24) is 20.1 Å². The Morgan fingerprint density at radius 3 is 2.39 bits per heavy atom. The lowest BCUT2D eigenvalue weighted by molar-refractivity contribution is -0.138. The number of carbonyl (C=O) groups excluding carboxylic acids is 2. The highest BCUT2D eigenvalue weighted by Gasteiger charge is 2.38. The third-order valence-corrected chi connectivity index (χ3v) is 6.33. The van der Waals surface area contributed by atoms with E-state index < -0.39 is 0 Å². The molecule has 2 amide bonds. The number of pyridine rings is 1. The summed E-state index contributed by atoms with van der Waals surface area (Å²) in [5.41, 5.74) is 0.649. The fourth-order valence-electron chi connectivity index (χ4n) is 4.85. The lowest BCUT2D eigenvalue weighted by Crippen LogP contribution is -2.52. The highest BCUT2D eigenvalue weighted by atomic mass is 35.5. The van der Waals surface area contributed by atoms with Gasteiger partial charge in [-0.2, -0.15) is 0 Å². The molecule has 28 heavy (non-hydrogen) atoms. The first-order valence-corrected chi connectivity index (χ1v) is 9.84. The van der Waals surface area contributed by atoms with E-state index >= 15 is 0 Å². The van der Waals surface area contributed by atoms with Gasteiger partial charge < -0.3 is 15.1 Å². The number of hydrogen-bond donors (Lipinski definition) is 1. The van der Waals surface area contributed by atoms with Crippen LogP contribution in [0.3, 0.4) is 0 Å². The monoisotopic (exact) mass is 428 g/mol. The topological polar surface area (TPSA) is 65.5 Å². The summed E-state index contributed by atoms with van der Waals surface area (Å²) >= 11 is 0. The van der Waals surface area contributed by atoms with E-state index in [0.29, 0.717) is 30.2 Å². The van der Waals surface area contributed by atoms with Gasteiger partial charge in [0.2, 0.25) is 5.91 Å². The minimum absolute atomic E-state index is 0. The molecule has 4 heterocycles. The Morgan fingerprint density at radius 1 is 1.11 bits per heavy atom. The average Bonchev–Trinajstić information content (AvgIpc) is 3.04. The van der Waals surface area contributed by atoms with Gasteiger partial charge in [0.05, 0.1) is 5.92 Å². The Morgan fingerprint density at radius 2 is 1.75 bits per heavy atom. The molecule has 4 rings (SSSR count). The smallest absolute Gasteiger partial charge is 0.253 e. The summed E-state index contributed by atoms with van der Waals surface area (Å²) in [7, 11) is 1.96. The maximum atomic E-state index is 13.1. The first-order chi connectivity index (χ1) is 12.6. The van der Waals surface area contributed by atoms with Crippen LogP contribution in [0.5, 0.6) is 0 Å². The number of rotatable bonds is 3. The van der Waals surface area contributed by atoms with E-state index in [4.69, 9.17) is 0 Å². The highest BCUT2D eigenvalue weighted by Crippen LogP contribution is 2.30. The van der Waals surface area contributed by atoms with Gasteiger partial charge in [0, 0.05) is 56.2 Å². The standard InChI is InChI=1S/C20H28N4O2.2ClH/c1-23(18-11-16-4-5-17(12-18)22-16)19(25)15-3-2-10-24(13-15)20(26)14-6-8-21-9-7-14;;/h6-9,15-18,22H,2-5,10-13H2,1H3;2*1H. The van der Waals surface area contributed by atoms with Gasteiger partial charge >= 0.3 is 0 Å². The molecule has 0 saturated carbocycles. The Bertz CT molecular complexity index is 663. The Kier molecular flexibility index (Phi) is 8.10. The van der Waals surface area contributed by atoms with Crippen molar-refractivity contribution >= 4 is 36.6 Å². The summed E-state index contributed by atoms with van der Waals surface area (Å²) in [6.07, 6.45) is 9.63. The molecule has 3 fully saturated rings. The number of hydrogen-bond acceptors (Lipinski definition) is 4. The van der Waals surface area contributed by atoms with Gasteiger partial charge in [0.1, 0.15) is 0 Å². The zero-order valence-electron chi connectivity index (χ0n) is 16.3. The maximum Gasteiger partial charge on any atom is 0.253 e. The largest absolute Gasteiger partial charge is 0.342 e. The minimum atomic E-state index is -0.0768. The molecule has 3 unspecified atom stereocenters. The summed E-state index contributed by atoms with van der Waals surface area (Å²) in [6.45, 7) is 1.26. The van der Waals surface area contributed by atoms with E-state index in [2.05, 4.69) is 10.3 Å². The fraction of sp³-hybridized carbons (Fsp3) is 0.650. The van der Waals surface area contributed by atoms with Crippen molar-refractivity contribution in [1.29, 1.82) is 0 Å². The molecule has 3 aliphatic rings. The van der Waals surface area contributed by atoms with Crippen LogP contribution >= 0.6 is 24.8 Å². The molecule has 3 aliphatic heterocycles. The summed E-state index contributed by atoms with van der Waals surface area (Å²) in [4.78, 5) is 33.6. The van der Waals surface area contributed by atoms with Crippen molar-refractivity contribution < 1.29 is 9.59 Å². The van der Waals surface area contributed by atoms with E-state index in [1.807, 2.05) is 16.8 Å². The van der Waals surface area contributed by atoms with Gasteiger partial charge in [-0.05, 0) is 50.7 Å². The van der Waals surface area contributed by atoms with Crippen LogP contribution in [-0.4, -0.2) is 64.9 Å². The third-order valence-electron chi connectivity index (χ3n) is 6.33. The first-order valence-electron chi connectivity index (χ1n) is 9.84. The van der Waals surface area contributed by atoms with Crippen LogP contribution in [0.15, 0.2) is 24.5 Å². The van der Waals surface area contributed by atoms with Crippen molar-refractivity contribution in [2.24, 2.45) is 5.92 Å². The van der Waals surface area contributed by atoms with Gasteiger partial charge in [0.15, 0.2) is 0 Å². The lowest BCUT2D eigenvalue weighted by Gasteiger charge is -2.39. The molecule has 0 radical (unpaired) electrons. The summed E-state index contributed by atoms with van der Waals surface area (Å²) < 4.78 is 0. The van der Waals surface area contributed by atoms with Gasteiger partial charge in [-0.1, -0.05) is 0 Å².